The zero-order valence-corrected chi connectivity index (χ0v) is 16.6. The van der Waals surface area contributed by atoms with Gasteiger partial charge >= 0.3 is 0 Å². The summed E-state index contributed by atoms with van der Waals surface area (Å²) in [5.41, 5.74) is 2.01. The molecule has 0 unspecified atom stereocenters. The topological polar surface area (TPSA) is 32.3 Å². The largest absolute Gasteiger partial charge is 0.350 e. The van der Waals surface area contributed by atoms with E-state index in [0.29, 0.717) is 6.04 Å². The Labute approximate surface area is 155 Å². The van der Waals surface area contributed by atoms with E-state index in [0.717, 1.165) is 17.0 Å². The number of rotatable bonds is 7. The predicted octanol–water partition coefficient (Wildman–Crippen LogP) is 4.82. The third kappa shape index (κ3) is 5.62. The summed E-state index contributed by atoms with van der Waals surface area (Å²) < 4.78 is 0. The fourth-order valence-corrected chi connectivity index (χ4v) is 3.45. The molecule has 25 heavy (non-hydrogen) atoms. The number of nitrogens with zero attached hydrogens (tertiary/aromatic N) is 1. The molecule has 3 nitrogen and oxygen atoms in total. The van der Waals surface area contributed by atoms with E-state index in [1.165, 1.54) is 10.5 Å². The minimum atomic E-state index is -0.0186. The molecule has 0 bridgehead atoms. The zero-order chi connectivity index (χ0) is 18.4. The van der Waals surface area contributed by atoms with Crippen LogP contribution in [0.1, 0.15) is 43.6 Å². The highest BCUT2D eigenvalue weighted by Gasteiger charge is 2.15. The first-order valence-electron chi connectivity index (χ1n) is 8.74. The number of hydrogen-bond acceptors (Lipinski definition) is 3. The van der Waals surface area contributed by atoms with Crippen LogP contribution < -0.4 is 5.32 Å². The maximum Gasteiger partial charge on any atom is 0.252 e. The second-order valence-electron chi connectivity index (χ2n) is 6.84. The Morgan fingerprint density at radius 3 is 2.24 bits per heavy atom. The molecule has 0 radical (unpaired) electrons. The summed E-state index contributed by atoms with van der Waals surface area (Å²) in [5, 5.41) is 2.99. The predicted molar refractivity (Wildman–Crippen MR) is 106 cm³/mol. The third-order valence-corrected chi connectivity index (χ3v) is 5.24. The molecule has 0 saturated carbocycles. The lowest BCUT2D eigenvalue weighted by Crippen LogP contribution is -2.30. The van der Waals surface area contributed by atoms with Crippen LogP contribution in [0.5, 0.6) is 0 Å². The van der Waals surface area contributed by atoms with Crippen LogP contribution in [0.3, 0.4) is 0 Å². The van der Waals surface area contributed by atoms with Crippen molar-refractivity contribution >= 4 is 17.7 Å². The van der Waals surface area contributed by atoms with Crippen LogP contribution in [0.25, 0.3) is 0 Å². The lowest BCUT2D eigenvalue weighted by Gasteiger charge is -2.22. The van der Waals surface area contributed by atoms with Gasteiger partial charge in [0.05, 0.1) is 5.56 Å². The molecule has 0 saturated heterocycles. The van der Waals surface area contributed by atoms with Gasteiger partial charge in [0.25, 0.3) is 5.91 Å². The molecule has 0 aliphatic rings. The van der Waals surface area contributed by atoms with Gasteiger partial charge in [-0.2, -0.15) is 0 Å². The van der Waals surface area contributed by atoms with Gasteiger partial charge in [-0.15, -0.1) is 0 Å². The van der Waals surface area contributed by atoms with Crippen LogP contribution in [-0.4, -0.2) is 29.9 Å². The zero-order valence-electron chi connectivity index (χ0n) is 15.7. The van der Waals surface area contributed by atoms with Crippen LogP contribution >= 0.6 is 11.8 Å². The molecule has 2 aromatic carbocycles. The normalized spacial score (nSPS) is 11.4. The van der Waals surface area contributed by atoms with Crippen molar-refractivity contribution in [3.05, 3.63) is 59.7 Å². The van der Waals surface area contributed by atoms with Crippen LogP contribution in [0.15, 0.2) is 58.3 Å². The number of amides is 1. The van der Waals surface area contributed by atoms with E-state index in [1.807, 2.05) is 38.1 Å². The van der Waals surface area contributed by atoms with Crippen molar-refractivity contribution in [3.8, 4) is 0 Å². The molecule has 2 aromatic rings. The molecule has 0 aliphatic heterocycles. The second kappa shape index (κ2) is 9.07. The van der Waals surface area contributed by atoms with Crippen LogP contribution in [-0.2, 0) is 6.54 Å². The van der Waals surface area contributed by atoms with Crippen molar-refractivity contribution in [1.29, 1.82) is 0 Å². The van der Waals surface area contributed by atoms with E-state index in [2.05, 4.69) is 55.4 Å². The van der Waals surface area contributed by atoms with Crippen molar-refractivity contribution in [1.82, 2.24) is 10.2 Å². The van der Waals surface area contributed by atoms with Gasteiger partial charge in [0.15, 0.2) is 0 Å². The molecule has 0 aliphatic carbocycles. The number of carbonyl (C=O) groups is 1. The molecule has 2 rings (SSSR count). The Balaban J connectivity index is 2.27. The monoisotopic (exact) mass is 356 g/mol. The third-order valence-electron chi connectivity index (χ3n) is 4.05. The molecule has 0 spiro atoms. The van der Waals surface area contributed by atoms with Gasteiger partial charge in [0.1, 0.15) is 0 Å². The fraction of sp³-hybridized carbons (Fsp3) is 0.381. The molecular weight excluding hydrogens is 328 g/mol. The second-order valence-corrected chi connectivity index (χ2v) is 7.93. The molecule has 0 heterocycles. The summed E-state index contributed by atoms with van der Waals surface area (Å²) in [4.78, 5) is 17.0. The molecule has 1 amide bonds. The van der Waals surface area contributed by atoms with Crippen molar-refractivity contribution < 1.29 is 4.79 Å². The number of carbonyl (C=O) groups excluding carboxylic acids is 1. The quantitative estimate of drug-likeness (QED) is 0.772. The summed E-state index contributed by atoms with van der Waals surface area (Å²) in [6, 6.07) is 16.8. The van der Waals surface area contributed by atoms with Gasteiger partial charge < -0.3 is 5.32 Å². The first kappa shape index (κ1) is 19.5. The number of hydrogen-bond donors (Lipinski definition) is 1. The Hall–Kier alpha value is -1.78. The van der Waals surface area contributed by atoms with Gasteiger partial charge in [-0.05, 0) is 58.5 Å². The average Bonchev–Trinajstić information content (AvgIpc) is 2.56. The summed E-state index contributed by atoms with van der Waals surface area (Å²) >= 11 is 1.66. The van der Waals surface area contributed by atoms with Gasteiger partial charge in [-0.25, -0.2) is 0 Å². The van der Waals surface area contributed by atoms with Crippen LogP contribution in [0.4, 0.5) is 0 Å². The minimum Gasteiger partial charge on any atom is -0.350 e. The van der Waals surface area contributed by atoms with Crippen LogP contribution in [0.2, 0.25) is 0 Å². The first-order chi connectivity index (χ1) is 11.9. The molecule has 0 atom stereocenters. The lowest BCUT2D eigenvalue weighted by molar-refractivity contribution is 0.0940. The lowest BCUT2D eigenvalue weighted by atomic mass is 10.2. The van der Waals surface area contributed by atoms with E-state index >= 15 is 0 Å². The maximum atomic E-state index is 12.5. The Kier molecular flexibility index (Phi) is 7.09. The van der Waals surface area contributed by atoms with Gasteiger partial charge in [-0.3, -0.25) is 9.69 Å². The average molecular weight is 357 g/mol. The smallest absolute Gasteiger partial charge is 0.252 e. The highest BCUT2D eigenvalue weighted by Crippen LogP contribution is 2.33. The molecular formula is C21H28N2OS. The molecule has 0 aromatic heterocycles. The molecule has 134 valence electrons. The molecule has 1 N–H and O–H groups in total. The Morgan fingerprint density at radius 2 is 1.60 bits per heavy atom. The number of nitrogens with one attached hydrogen (secondary N) is 1. The minimum absolute atomic E-state index is 0.0186. The van der Waals surface area contributed by atoms with Gasteiger partial charge in [0.2, 0.25) is 0 Å². The van der Waals surface area contributed by atoms with Crippen molar-refractivity contribution in [3.63, 3.8) is 0 Å². The fourth-order valence-electron chi connectivity index (χ4n) is 2.39. The SMILES string of the molecule is CC(C)NC(=O)c1ccccc1Sc1ccccc1CN(C)C(C)C. The van der Waals surface area contributed by atoms with E-state index < -0.39 is 0 Å². The standard InChI is InChI=1S/C21H28N2OS/c1-15(2)22-21(24)18-11-7-9-13-20(18)25-19-12-8-6-10-17(19)14-23(5)16(3)4/h6-13,15-16H,14H2,1-5H3,(H,22,24). The summed E-state index contributed by atoms with van der Waals surface area (Å²) in [6.07, 6.45) is 0. The molecule has 4 heteroatoms. The molecule has 0 fully saturated rings. The summed E-state index contributed by atoms with van der Waals surface area (Å²) in [6.45, 7) is 9.24. The van der Waals surface area contributed by atoms with Crippen molar-refractivity contribution in [2.24, 2.45) is 0 Å². The Morgan fingerprint density at radius 1 is 1.00 bits per heavy atom. The van der Waals surface area contributed by atoms with Crippen molar-refractivity contribution in [2.45, 2.75) is 56.1 Å². The first-order valence-corrected chi connectivity index (χ1v) is 9.56. The maximum absolute atomic E-state index is 12.5. The van der Waals surface area contributed by atoms with Gasteiger partial charge in [0, 0.05) is 28.4 Å². The van der Waals surface area contributed by atoms with Crippen LogP contribution in [0, 0.1) is 0 Å². The number of benzene rings is 2. The summed E-state index contributed by atoms with van der Waals surface area (Å²) in [5.74, 6) is -0.0186. The highest BCUT2D eigenvalue weighted by atomic mass is 32.2. The van der Waals surface area contributed by atoms with E-state index in [9.17, 15) is 4.79 Å². The summed E-state index contributed by atoms with van der Waals surface area (Å²) in [7, 11) is 2.14. The highest BCUT2D eigenvalue weighted by molar-refractivity contribution is 7.99. The van der Waals surface area contributed by atoms with Crippen molar-refractivity contribution in [2.75, 3.05) is 7.05 Å². The van der Waals surface area contributed by atoms with E-state index in [4.69, 9.17) is 0 Å². The van der Waals surface area contributed by atoms with Gasteiger partial charge in [-0.1, -0.05) is 42.1 Å². The Bertz CT molecular complexity index is 713. The van der Waals surface area contributed by atoms with E-state index in [-0.39, 0.29) is 11.9 Å². The van der Waals surface area contributed by atoms with E-state index in [1.54, 1.807) is 11.8 Å².